The number of rotatable bonds is 11. The fourth-order valence-electron chi connectivity index (χ4n) is 6.12. The summed E-state index contributed by atoms with van der Waals surface area (Å²) in [7, 11) is 3.93. The van der Waals surface area contributed by atoms with Crippen LogP contribution in [0.2, 0.25) is 0 Å². The van der Waals surface area contributed by atoms with Crippen molar-refractivity contribution in [3.63, 3.8) is 0 Å². The molecule has 3 aromatic rings. The molecule has 2 atom stereocenters. The van der Waals surface area contributed by atoms with E-state index in [4.69, 9.17) is 4.98 Å². The highest BCUT2D eigenvalue weighted by molar-refractivity contribution is 5.84. The minimum Gasteiger partial charge on any atom is -0.346 e. The molecule has 2 aliphatic rings. The van der Waals surface area contributed by atoms with Crippen molar-refractivity contribution in [1.29, 1.82) is 0 Å². The van der Waals surface area contributed by atoms with E-state index in [1.807, 2.05) is 31.3 Å². The van der Waals surface area contributed by atoms with Gasteiger partial charge in [-0.15, -0.1) is 0 Å². The minimum absolute atomic E-state index is 0.0330. The second kappa shape index (κ2) is 11.5. The Kier molecular flexibility index (Phi) is 8.03. The SMILES string of the molecule is CCC(=O)CCCCC[C@H](NC(=O)[C@H]1CC12CCN(C)CC2)c1ncc(-c2ccc3c(ccc(=O)n3C)c2)[nH]1. The number of imidazole rings is 1. The molecule has 0 radical (unpaired) electrons. The lowest BCUT2D eigenvalue weighted by atomic mass is 9.91. The van der Waals surface area contributed by atoms with Crippen LogP contribution in [0.1, 0.15) is 76.6 Å². The number of carbonyl (C=O) groups is 2. The summed E-state index contributed by atoms with van der Waals surface area (Å²) in [5.41, 5.74) is 2.89. The van der Waals surface area contributed by atoms with Gasteiger partial charge >= 0.3 is 0 Å². The van der Waals surface area contributed by atoms with E-state index < -0.39 is 0 Å². The highest BCUT2D eigenvalue weighted by atomic mass is 16.2. The third kappa shape index (κ3) is 6.01. The topological polar surface area (TPSA) is 100 Å². The Morgan fingerprint density at radius 1 is 1.13 bits per heavy atom. The van der Waals surface area contributed by atoms with E-state index in [-0.39, 0.29) is 28.8 Å². The van der Waals surface area contributed by atoms with E-state index in [2.05, 4.69) is 28.3 Å². The number of nitrogens with zero attached hydrogens (tertiary/aromatic N) is 3. The van der Waals surface area contributed by atoms with Crippen molar-refractivity contribution in [3.8, 4) is 11.3 Å². The predicted molar refractivity (Wildman–Crippen MR) is 153 cm³/mol. The number of nitrogens with one attached hydrogen (secondary N) is 2. The average molecular weight is 532 g/mol. The Morgan fingerprint density at radius 2 is 1.92 bits per heavy atom. The summed E-state index contributed by atoms with van der Waals surface area (Å²) in [5.74, 6) is 1.32. The number of unbranched alkanes of at least 4 members (excludes halogenated alkanes) is 2. The molecule has 1 amide bonds. The lowest BCUT2D eigenvalue weighted by Gasteiger charge is -2.30. The summed E-state index contributed by atoms with van der Waals surface area (Å²) in [4.78, 5) is 47.6. The Labute approximate surface area is 230 Å². The van der Waals surface area contributed by atoms with Crippen LogP contribution in [-0.4, -0.2) is 51.3 Å². The standard InChI is InChI=1S/C31H41N5O3/c1-4-23(37)8-6-5-7-9-25(34-30(39)24-19-31(24)14-16-35(2)17-15-31)29-32-20-26(33-29)21-10-12-27-22(18-21)11-13-28(38)36(27)3/h10-13,18,20,24-25H,4-9,14-17,19H2,1-3H3,(H,32,33)(H,34,39)/t24-,25+/m1/s1. The summed E-state index contributed by atoms with van der Waals surface area (Å²) in [6.07, 6.45) is 9.76. The van der Waals surface area contributed by atoms with Gasteiger partial charge in [-0.1, -0.05) is 25.8 Å². The number of fused-ring (bicyclic) bond motifs is 1. The van der Waals surface area contributed by atoms with Crippen LogP contribution in [0.15, 0.2) is 41.3 Å². The highest BCUT2D eigenvalue weighted by Crippen LogP contribution is 2.59. The van der Waals surface area contributed by atoms with Gasteiger partial charge in [-0.05, 0) is 81.2 Å². The molecule has 8 heteroatoms. The van der Waals surface area contributed by atoms with Crippen LogP contribution in [-0.2, 0) is 16.6 Å². The molecule has 2 aromatic heterocycles. The van der Waals surface area contributed by atoms with E-state index in [1.54, 1.807) is 17.7 Å². The minimum atomic E-state index is -0.196. The summed E-state index contributed by atoms with van der Waals surface area (Å²) >= 11 is 0. The summed E-state index contributed by atoms with van der Waals surface area (Å²) in [6.45, 7) is 4.03. The number of amides is 1. The number of Topliss-reactive ketones (excluding diaryl/α,β-unsaturated/α-hetero) is 1. The molecule has 1 aliphatic heterocycles. The van der Waals surface area contributed by atoms with Gasteiger partial charge in [0.1, 0.15) is 11.6 Å². The Bertz CT molecular complexity index is 1400. The number of hydrogen-bond donors (Lipinski definition) is 2. The Morgan fingerprint density at radius 3 is 2.69 bits per heavy atom. The molecule has 1 aliphatic carbocycles. The molecular formula is C31H41N5O3. The molecule has 208 valence electrons. The lowest BCUT2D eigenvalue weighted by Crippen LogP contribution is -2.36. The van der Waals surface area contributed by atoms with Crippen molar-refractivity contribution in [3.05, 3.63) is 52.7 Å². The number of H-pyrrole nitrogens is 1. The van der Waals surface area contributed by atoms with Crippen molar-refractivity contribution < 1.29 is 9.59 Å². The highest BCUT2D eigenvalue weighted by Gasteiger charge is 2.58. The van der Waals surface area contributed by atoms with E-state index in [0.717, 1.165) is 86.0 Å². The third-order valence-corrected chi connectivity index (χ3v) is 9.01. The van der Waals surface area contributed by atoms with Crippen LogP contribution in [0.3, 0.4) is 0 Å². The molecule has 1 spiro atoms. The maximum atomic E-state index is 13.4. The number of aromatic amines is 1. The number of aryl methyl sites for hydroxylation is 1. The van der Waals surface area contributed by atoms with Crippen LogP contribution in [0.4, 0.5) is 0 Å². The first-order valence-corrected chi connectivity index (χ1v) is 14.5. The second-order valence-corrected chi connectivity index (χ2v) is 11.7. The number of carbonyl (C=O) groups excluding carboxylic acids is 2. The predicted octanol–water partition coefficient (Wildman–Crippen LogP) is 4.75. The fraction of sp³-hybridized carbons (Fsp3) is 0.548. The Balaban J connectivity index is 1.30. The van der Waals surface area contributed by atoms with Crippen LogP contribution in [0.5, 0.6) is 0 Å². The van der Waals surface area contributed by atoms with Crippen molar-refractivity contribution in [2.45, 2.75) is 70.8 Å². The third-order valence-electron chi connectivity index (χ3n) is 9.01. The molecule has 3 heterocycles. The van der Waals surface area contributed by atoms with Gasteiger partial charge in [0.05, 0.1) is 23.4 Å². The van der Waals surface area contributed by atoms with Gasteiger partial charge in [0, 0.05) is 37.4 Å². The van der Waals surface area contributed by atoms with E-state index in [9.17, 15) is 14.4 Å². The summed E-state index contributed by atoms with van der Waals surface area (Å²) in [6, 6.07) is 9.23. The molecule has 2 fully saturated rings. The van der Waals surface area contributed by atoms with Crippen LogP contribution >= 0.6 is 0 Å². The molecule has 8 nitrogen and oxygen atoms in total. The van der Waals surface area contributed by atoms with Gasteiger partial charge < -0.3 is 19.8 Å². The number of hydrogen-bond acceptors (Lipinski definition) is 5. The maximum Gasteiger partial charge on any atom is 0.250 e. The average Bonchev–Trinajstić information content (AvgIpc) is 3.42. The quantitative estimate of drug-likeness (QED) is 0.348. The molecule has 1 saturated heterocycles. The number of pyridine rings is 1. The van der Waals surface area contributed by atoms with Crippen LogP contribution in [0, 0.1) is 11.3 Å². The first kappa shape index (κ1) is 27.3. The van der Waals surface area contributed by atoms with E-state index in [0.29, 0.717) is 18.6 Å². The normalized spacial score (nSPS) is 19.3. The molecule has 2 N–H and O–H groups in total. The van der Waals surface area contributed by atoms with Crippen LogP contribution in [0.25, 0.3) is 22.2 Å². The van der Waals surface area contributed by atoms with Gasteiger partial charge in [0.25, 0.3) is 5.56 Å². The van der Waals surface area contributed by atoms with Gasteiger partial charge in [0.15, 0.2) is 0 Å². The Hall–Kier alpha value is -3.26. The number of benzene rings is 1. The van der Waals surface area contributed by atoms with E-state index >= 15 is 0 Å². The number of ketones is 1. The summed E-state index contributed by atoms with van der Waals surface area (Å²) < 4.78 is 1.64. The smallest absolute Gasteiger partial charge is 0.250 e. The number of piperidine rings is 1. The molecule has 1 saturated carbocycles. The first-order valence-electron chi connectivity index (χ1n) is 14.5. The maximum absolute atomic E-state index is 13.4. The second-order valence-electron chi connectivity index (χ2n) is 11.7. The molecular weight excluding hydrogens is 490 g/mol. The van der Waals surface area contributed by atoms with E-state index in [1.165, 1.54) is 0 Å². The molecule has 0 unspecified atom stereocenters. The number of likely N-dealkylation sites (tertiary alicyclic amines) is 1. The molecule has 39 heavy (non-hydrogen) atoms. The van der Waals surface area contributed by atoms with Gasteiger partial charge in [-0.2, -0.15) is 0 Å². The summed E-state index contributed by atoms with van der Waals surface area (Å²) in [5, 5.41) is 4.33. The zero-order valence-corrected chi connectivity index (χ0v) is 23.5. The van der Waals surface area contributed by atoms with Crippen molar-refractivity contribution >= 4 is 22.6 Å². The van der Waals surface area contributed by atoms with Gasteiger partial charge in [-0.25, -0.2) is 4.98 Å². The lowest BCUT2D eigenvalue weighted by molar-refractivity contribution is -0.124. The first-order chi connectivity index (χ1) is 18.8. The largest absolute Gasteiger partial charge is 0.346 e. The molecule has 5 rings (SSSR count). The van der Waals surface area contributed by atoms with Gasteiger partial charge in [-0.3, -0.25) is 14.4 Å². The van der Waals surface area contributed by atoms with Crippen molar-refractivity contribution in [2.75, 3.05) is 20.1 Å². The fourth-order valence-corrected chi connectivity index (χ4v) is 6.12. The monoisotopic (exact) mass is 531 g/mol. The zero-order chi connectivity index (χ0) is 27.6. The zero-order valence-electron chi connectivity index (χ0n) is 23.5. The van der Waals surface area contributed by atoms with Gasteiger partial charge in [0.2, 0.25) is 5.91 Å². The molecule has 1 aromatic carbocycles. The molecule has 0 bridgehead atoms. The van der Waals surface area contributed by atoms with Crippen molar-refractivity contribution in [1.82, 2.24) is 24.8 Å². The van der Waals surface area contributed by atoms with Crippen molar-refractivity contribution in [2.24, 2.45) is 18.4 Å². The number of aromatic nitrogens is 3. The van der Waals surface area contributed by atoms with Crippen LogP contribution < -0.4 is 10.9 Å².